The van der Waals surface area contributed by atoms with Gasteiger partial charge in [-0.3, -0.25) is 0 Å². The molecule has 1 atom stereocenters. The summed E-state index contributed by atoms with van der Waals surface area (Å²) in [6, 6.07) is 9.10. The highest BCUT2D eigenvalue weighted by atomic mass is 19.1. The van der Waals surface area contributed by atoms with Crippen molar-refractivity contribution in [1.82, 2.24) is 5.32 Å². The van der Waals surface area contributed by atoms with E-state index in [4.69, 9.17) is 5.26 Å². The Bertz CT molecular complexity index is 407. The first-order valence-electron chi connectivity index (χ1n) is 5.82. The first kappa shape index (κ1) is 13.7. The number of hydrogen-bond acceptors (Lipinski definition) is 2. The summed E-state index contributed by atoms with van der Waals surface area (Å²) < 4.78 is 13.0. The molecule has 0 fully saturated rings. The smallest absolute Gasteiger partial charge is 0.123 e. The van der Waals surface area contributed by atoms with E-state index in [0.717, 1.165) is 12.0 Å². The third-order valence-electron chi connectivity index (χ3n) is 2.63. The van der Waals surface area contributed by atoms with Gasteiger partial charge in [0.15, 0.2) is 0 Å². The van der Waals surface area contributed by atoms with Crippen LogP contribution in [0.5, 0.6) is 0 Å². The van der Waals surface area contributed by atoms with Crippen LogP contribution in [-0.4, -0.2) is 12.6 Å². The zero-order valence-corrected chi connectivity index (χ0v) is 10.6. The van der Waals surface area contributed by atoms with Gasteiger partial charge in [0.2, 0.25) is 0 Å². The fourth-order valence-electron chi connectivity index (χ4n) is 1.56. The lowest BCUT2D eigenvalue weighted by molar-refractivity contribution is 0.409. The Balaban J connectivity index is 2.46. The molecule has 2 nitrogen and oxygen atoms in total. The Kier molecular flexibility index (Phi) is 4.65. The predicted molar refractivity (Wildman–Crippen MR) is 67.0 cm³/mol. The third-order valence-corrected chi connectivity index (χ3v) is 2.63. The Morgan fingerprint density at radius 3 is 2.76 bits per heavy atom. The van der Waals surface area contributed by atoms with E-state index >= 15 is 0 Å². The molecule has 0 aromatic heterocycles. The van der Waals surface area contributed by atoms with Crippen molar-refractivity contribution >= 4 is 0 Å². The molecule has 0 aliphatic carbocycles. The van der Waals surface area contributed by atoms with Crippen LogP contribution < -0.4 is 5.32 Å². The van der Waals surface area contributed by atoms with E-state index in [1.807, 2.05) is 26.8 Å². The molecular weight excluding hydrogens is 215 g/mol. The van der Waals surface area contributed by atoms with Crippen LogP contribution in [0.3, 0.4) is 0 Å². The zero-order chi connectivity index (χ0) is 12.9. The number of nitrogens with one attached hydrogen (secondary N) is 1. The highest BCUT2D eigenvalue weighted by molar-refractivity contribution is 5.17. The molecule has 0 radical (unpaired) electrons. The number of benzene rings is 1. The lowest BCUT2D eigenvalue weighted by Gasteiger charge is -2.20. The average molecular weight is 234 g/mol. The number of rotatable bonds is 5. The molecule has 0 spiro atoms. The van der Waals surface area contributed by atoms with Crippen molar-refractivity contribution in [1.29, 1.82) is 5.26 Å². The molecule has 0 aliphatic rings. The molecule has 0 heterocycles. The van der Waals surface area contributed by atoms with Gasteiger partial charge in [0, 0.05) is 12.6 Å². The van der Waals surface area contributed by atoms with Gasteiger partial charge in [-0.1, -0.05) is 12.1 Å². The van der Waals surface area contributed by atoms with Crippen molar-refractivity contribution < 1.29 is 4.39 Å². The number of hydrogen-bond donors (Lipinski definition) is 1. The van der Waals surface area contributed by atoms with Gasteiger partial charge in [-0.2, -0.15) is 5.26 Å². The summed E-state index contributed by atoms with van der Waals surface area (Å²) in [5.74, 6) is -0.202. The van der Waals surface area contributed by atoms with Gasteiger partial charge in [-0.15, -0.1) is 0 Å². The van der Waals surface area contributed by atoms with Gasteiger partial charge in [0.1, 0.15) is 5.82 Å². The summed E-state index contributed by atoms with van der Waals surface area (Å²) in [6.45, 7) is 6.47. The van der Waals surface area contributed by atoms with Crippen molar-refractivity contribution in [3.8, 4) is 6.07 Å². The summed E-state index contributed by atoms with van der Waals surface area (Å²) >= 11 is 0. The van der Waals surface area contributed by atoms with Crippen molar-refractivity contribution in [2.75, 3.05) is 6.54 Å². The molecule has 1 aromatic rings. The minimum Gasteiger partial charge on any atom is -0.312 e. The first-order valence-corrected chi connectivity index (χ1v) is 5.82. The van der Waals surface area contributed by atoms with E-state index in [0.29, 0.717) is 6.54 Å². The number of halogens is 1. The van der Waals surface area contributed by atoms with Gasteiger partial charge < -0.3 is 5.32 Å². The monoisotopic (exact) mass is 234 g/mol. The van der Waals surface area contributed by atoms with Gasteiger partial charge in [0.05, 0.1) is 11.5 Å². The SMILES string of the molecule is CC(Cc1cccc(F)c1)NCC(C)(C)C#N. The molecule has 1 aromatic carbocycles. The van der Waals surface area contributed by atoms with Gasteiger partial charge in [-0.05, 0) is 44.9 Å². The second-order valence-corrected chi connectivity index (χ2v) is 5.11. The van der Waals surface area contributed by atoms with Gasteiger partial charge in [0.25, 0.3) is 0 Å². The van der Waals surface area contributed by atoms with E-state index in [9.17, 15) is 4.39 Å². The van der Waals surface area contributed by atoms with E-state index in [1.54, 1.807) is 12.1 Å². The molecule has 1 unspecified atom stereocenters. The van der Waals surface area contributed by atoms with Crippen LogP contribution in [0.2, 0.25) is 0 Å². The lowest BCUT2D eigenvalue weighted by atomic mass is 9.95. The summed E-state index contributed by atoms with van der Waals surface area (Å²) in [5.41, 5.74) is 0.607. The van der Waals surface area contributed by atoms with Gasteiger partial charge in [-0.25, -0.2) is 4.39 Å². The van der Waals surface area contributed by atoms with E-state index in [2.05, 4.69) is 11.4 Å². The Labute approximate surface area is 102 Å². The maximum atomic E-state index is 13.0. The molecule has 1 N–H and O–H groups in total. The van der Waals surface area contributed by atoms with Crippen molar-refractivity contribution in [3.63, 3.8) is 0 Å². The Morgan fingerprint density at radius 1 is 1.47 bits per heavy atom. The van der Waals surface area contributed by atoms with Crippen LogP contribution >= 0.6 is 0 Å². The van der Waals surface area contributed by atoms with Crippen LogP contribution in [0, 0.1) is 22.6 Å². The van der Waals surface area contributed by atoms with E-state index in [1.165, 1.54) is 6.07 Å². The highest BCUT2D eigenvalue weighted by Gasteiger charge is 2.17. The largest absolute Gasteiger partial charge is 0.312 e. The molecule has 92 valence electrons. The fourth-order valence-corrected chi connectivity index (χ4v) is 1.56. The summed E-state index contributed by atoms with van der Waals surface area (Å²) in [5, 5.41) is 12.2. The van der Waals surface area contributed by atoms with Gasteiger partial charge >= 0.3 is 0 Å². The maximum absolute atomic E-state index is 13.0. The standard InChI is InChI=1S/C14H19FN2/c1-11(17-10-14(2,3)9-16)7-12-5-4-6-13(15)8-12/h4-6,8,11,17H,7,10H2,1-3H3. The number of nitrogens with zero attached hydrogens (tertiary/aromatic N) is 1. The maximum Gasteiger partial charge on any atom is 0.123 e. The molecule has 3 heteroatoms. The van der Waals surface area contributed by atoms with Crippen LogP contribution in [-0.2, 0) is 6.42 Å². The first-order chi connectivity index (χ1) is 7.93. The van der Waals surface area contributed by atoms with E-state index in [-0.39, 0.29) is 17.3 Å². The summed E-state index contributed by atoms with van der Waals surface area (Å²) in [4.78, 5) is 0. The summed E-state index contributed by atoms with van der Waals surface area (Å²) in [6.07, 6.45) is 0.763. The van der Waals surface area contributed by atoms with Crippen LogP contribution in [0.25, 0.3) is 0 Å². The molecule has 0 saturated heterocycles. The topological polar surface area (TPSA) is 35.8 Å². The molecular formula is C14H19FN2. The minimum atomic E-state index is -0.365. The quantitative estimate of drug-likeness (QED) is 0.850. The van der Waals surface area contributed by atoms with Crippen LogP contribution in [0.4, 0.5) is 4.39 Å². The van der Waals surface area contributed by atoms with Crippen LogP contribution in [0.15, 0.2) is 24.3 Å². The molecule has 0 bridgehead atoms. The fraction of sp³-hybridized carbons (Fsp3) is 0.500. The normalized spacial score (nSPS) is 13.1. The average Bonchev–Trinajstić information content (AvgIpc) is 2.27. The molecule has 1 rings (SSSR count). The number of nitriles is 1. The summed E-state index contributed by atoms with van der Waals surface area (Å²) in [7, 11) is 0. The molecule has 17 heavy (non-hydrogen) atoms. The Hall–Kier alpha value is -1.40. The van der Waals surface area contributed by atoms with Crippen molar-refractivity contribution in [3.05, 3.63) is 35.6 Å². The second kappa shape index (κ2) is 5.79. The molecule has 0 amide bonds. The molecule has 0 aliphatic heterocycles. The van der Waals surface area contributed by atoms with Crippen molar-refractivity contribution in [2.24, 2.45) is 5.41 Å². The Morgan fingerprint density at radius 2 is 2.18 bits per heavy atom. The molecule has 0 saturated carbocycles. The lowest BCUT2D eigenvalue weighted by Crippen LogP contribution is -2.35. The minimum absolute atomic E-state index is 0.202. The second-order valence-electron chi connectivity index (χ2n) is 5.11. The zero-order valence-electron chi connectivity index (χ0n) is 10.6. The highest BCUT2D eigenvalue weighted by Crippen LogP contribution is 2.12. The van der Waals surface area contributed by atoms with Crippen LogP contribution in [0.1, 0.15) is 26.3 Å². The third kappa shape index (κ3) is 4.97. The predicted octanol–water partition coefficient (Wildman–Crippen LogP) is 2.90. The van der Waals surface area contributed by atoms with Crippen molar-refractivity contribution in [2.45, 2.75) is 33.2 Å². The van der Waals surface area contributed by atoms with E-state index < -0.39 is 0 Å².